The van der Waals surface area contributed by atoms with Crippen LogP contribution in [0.3, 0.4) is 0 Å². The number of hydrogen-bond donors (Lipinski definition) is 2. The van der Waals surface area contributed by atoms with E-state index in [1.165, 1.54) is 12.7 Å². The number of carbonyl (C=O) groups excluding carboxylic acids is 6. The summed E-state index contributed by atoms with van der Waals surface area (Å²) in [5, 5.41) is 15.1. The van der Waals surface area contributed by atoms with Crippen molar-refractivity contribution in [2.45, 2.75) is 117 Å². The Morgan fingerprint density at radius 1 is 0.759 bits per heavy atom. The number of Topliss-reactive ketones (excluding diaryl/α,β-unsaturated/α-hetero) is 2. The van der Waals surface area contributed by atoms with Crippen molar-refractivity contribution in [1.29, 1.82) is 0 Å². The number of amides is 4. The van der Waals surface area contributed by atoms with Gasteiger partial charge in [0.15, 0.2) is 23.5 Å². The van der Waals surface area contributed by atoms with E-state index in [2.05, 4.69) is 11.4 Å². The number of benzene rings is 5. The highest BCUT2D eigenvalue weighted by molar-refractivity contribution is 6.06. The summed E-state index contributed by atoms with van der Waals surface area (Å²) in [4.78, 5) is 91.4. The van der Waals surface area contributed by atoms with Gasteiger partial charge in [-0.05, 0) is 90.6 Å². The molecule has 17 nitrogen and oxygen atoms in total. The van der Waals surface area contributed by atoms with Gasteiger partial charge in [0, 0.05) is 69.6 Å². The third kappa shape index (κ3) is 12.5. The SMILES string of the molecule is CCOCCC(=O)C[C@H](C(=O)N[C@@H](C)C(=O)Cc1ccc(COC(=O)N2c3cc(OCCCOc4cc5c(cc4OC)C(=O)N4Cc6ccccc6CC4C=N5)c(C)cc3C(=O)N3Cc4ccccc4CC3C2O)cc1)C(C)C. The first kappa shape index (κ1) is 55.9. The third-order valence-electron chi connectivity index (χ3n) is 15.3. The molecule has 0 radical (unpaired) electrons. The molecular weight excluding hydrogens is 1010 g/mol. The summed E-state index contributed by atoms with van der Waals surface area (Å²) in [5.41, 5.74) is 7.40. The van der Waals surface area contributed by atoms with Crippen LogP contribution in [0.2, 0.25) is 0 Å². The van der Waals surface area contributed by atoms with E-state index < -0.39 is 30.3 Å². The first-order chi connectivity index (χ1) is 38.1. The fourth-order valence-electron chi connectivity index (χ4n) is 10.7. The van der Waals surface area contributed by atoms with Crippen LogP contribution >= 0.6 is 0 Å². The number of nitrogens with one attached hydrogen (secondary N) is 1. The van der Waals surface area contributed by atoms with Crippen molar-refractivity contribution in [3.8, 4) is 17.2 Å². The molecule has 4 aliphatic rings. The largest absolute Gasteiger partial charge is 0.493 e. The van der Waals surface area contributed by atoms with E-state index in [9.17, 15) is 33.9 Å². The molecule has 0 saturated carbocycles. The number of ether oxygens (including phenoxy) is 5. The maximum absolute atomic E-state index is 14.6. The number of fused-ring (bicyclic) bond motifs is 6. The average molecular weight is 1080 g/mol. The highest BCUT2D eigenvalue weighted by atomic mass is 16.6. The minimum Gasteiger partial charge on any atom is -0.493 e. The molecule has 0 spiro atoms. The predicted octanol–water partition coefficient (Wildman–Crippen LogP) is 8.45. The molecule has 5 aromatic carbocycles. The first-order valence-corrected chi connectivity index (χ1v) is 27.2. The number of anilines is 1. The molecule has 0 bridgehead atoms. The molecule has 414 valence electrons. The second-order valence-electron chi connectivity index (χ2n) is 21.0. The summed E-state index contributed by atoms with van der Waals surface area (Å²) in [7, 11) is 1.52. The van der Waals surface area contributed by atoms with Gasteiger partial charge in [-0.25, -0.2) is 9.69 Å². The molecule has 0 aliphatic carbocycles. The lowest BCUT2D eigenvalue weighted by atomic mass is 9.88. The second kappa shape index (κ2) is 24.8. The number of rotatable bonds is 21. The Bertz CT molecular complexity index is 3140. The van der Waals surface area contributed by atoms with Gasteiger partial charge < -0.3 is 43.9 Å². The first-order valence-electron chi connectivity index (χ1n) is 27.2. The highest BCUT2D eigenvalue weighted by Gasteiger charge is 2.45. The lowest BCUT2D eigenvalue weighted by Crippen LogP contribution is -2.55. The van der Waals surface area contributed by atoms with Crippen LogP contribution in [0.15, 0.2) is 102 Å². The van der Waals surface area contributed by atoms with Gasteiger partial charge in [0.25, 0.3) is 11.8 Å². The zero-order chi connectivity index (χ0) is 55.9. The van der Waals surface area contributed by atoms with Crippen molar-refractivity contribution >= 4 is 53.0 Å². The summed E-state index contributed by atoms with van der Waals surface area (Å²) < 4.78 is 29.5. The van der Waals surface area contributed by atoms with Gasteiger partial charge >= 0.3 is 6.09 Å². The van der Waals surface area contributed by atoms with Gasteiger partial charge in [-0.2, -0.15) is 0 Å². The van der Waals surface area contributed by atoms with Gasteiger partial charge in [0.05, 0.1) is 67.6 Å². The lowest BCUT2D eigenvalue weighted by Gasteiger charge is -2.39. The maximum atomic E-state index is 14.6. The highest BCUT2D eigenvalue weighted by Crippen LogP contribution is 2.41. The van der Waals surface area contributed by atoms with E-state index in [-0.39, 0.29) is 98.1 Å². The molecular formula is C62H69N5O12. The van der Waals surface area contributed by atoms with E-state index in [0.29, 0.717) is 84.2 Å². The normalized spacial score (nSPS) is 17.9. The predicted molar refractivity (Wildman–Crippen MR) is 296 cm³/mol. The number of hydrogen-bond acceptors (Lipinski definition) is 13. The van der Waals surface area contributed by atoms with E-state index in [1.54, 1.807) is 60.4 Å². The van der Waals surface area contributed by atoms with Gasteiger partial charge in [0.1, 0.15) is 18.1 Å². The van der Waals surface area contributed by atoms with E-state index in [1.807, 2.05) is 81.3 Å². The topological polar surface area (TPSA) is 203 Å². The van der Waals surface area contributed by atoms with Crippen LogP contribution in [-0.4, -0.2) is 114 Å². The van der Waals surface area contributed by atoms with Crippen molar-refractivity contribution in [2.75, 3.05) is 38.4 Å². The Morgan fingerprint density at radius 2 is 1.41 bits per heavy atom. The van der Waals surface area contributed by atoms with Crippen molar-refractivity contribution in [3.05, 3.63) is 147 Å². The summed E-state index contributed by atoms with van der Waals surface area (Å²) in [5.74, 6) is -0.605. The van der Waals surface area contributed by atoms with E-state index >= 15 is 0 Å². The molecule has 3 unspecified atom stereocenters. The number of carbonyl (C=O) groups is 6. The van der Waals surface area contributed by atoms with Gasteiger partial charge in [-0.3, -0.25) is 29.0 Å². The molecule has 2 N–H and O–H groups in total. The molecule has 9 rings (SSSR count). The minimum atomic E-state index is -1.50. The number of nitrogens with zero attached hydrogens (tertiary/aromatic N) is 4. The van der Waals surface area contributed by atoms with Gasteiger partial charge in [-0.1, -0.05) is 86.6 Å². The zero-order valence-electron chi connectivity index (χ0n) is 45.7. The van der Waals surface area contributed by atoms with Gasteiger partial charge in [-0.15, -0.1) is 0 Å². The van der Waals surface area contributed by atoms with E-state index in [4.69, 9.17) is 28.7 Å². The average Bonchev–Trinajstić information content (AvgIpc) is 3.66. The quantitative estimate of drug-likeness (QED) is 0.0665. The molecule has 0 saturated heterocycles. The van der Waals surface area contributed by atoms with Crippen LogP contribution < -0.4 is 24.4 Å². The van der Waals surface area contributed by atoms with Crippen molar-refractivity contribution in [1.82, 2.24) is 15.1 Å². The Kier molecular flexibility index (Phi) is 17.6. The number of ketones is 2. The molecule has 79 heavy (non-hydrogen) atoms. The minimum absolute atomic E-state index is 0.0296. The fourth-order valence-corrected chi connectivity index (χ4v) is 10.7. The molecule has 0 fully saturated rings. The van der Waals surface area contributed by atoms with Crippen LogP contribution in [0.25, 0.3) is 0 Å². The summed E-state index contributed by atoms with van der Waals surface area (Å²) in [6.07, 6.45) is 1.14. The molecule has 5 atom stereocenters. The second-order valence-corrected chi connectivity index (χ2v) is 21.0. The third-order valence-corrected chi connectivity index (χ3v) is 15.3. The molecule has 4 aliphatic heterocycles. The Morgan fingerprint density at radius 3 is 2.09 bits per heavy atom. The Labute approximate surface area is 460 Å². The van der Waals surface area contributed by atoms with Crippen LogP contribution in [0, 0.1) is 18.8 Å². The summed E-state index contributed by atoms with van der Waals surface area (Å²) in [6.45, 7) is 10.8. The molecule has 17 heteroatoms. The molecule has 4 amide bonds. The van der Waals surface area contributed by atoms with E-state index in [0.717, 1.165) is 21.6 Å². The van der Waals surface area contributed by atoms with Crippen LogP contribution in [0.1, 0.15) is 107 Å². The number of aliphatic imine (C=N–C) groups is 1. The molecule has 4 heterocycles. The van der Waals surface area contributed by atoms with Gasteiger partial charge in [0.2, 0.25) is 5.91 Å². The Balaban J connectivity index is 0.853. The number of aryl methyl sites for hydroxylation is 1. The number of aliphatic hydroxyl groups excluding tert-OH is 1. The Hall–Kier alpha value is -7.89. The maximum Gasteiger partial charge on any atom is 0.416 e. The fraction of sp³-hybridized carbons (Fsp3) is 0.403. The monoisotopic (exact) mass is 1080 g/mol. The lowest BCUT2D eigenvalue weighted by molar-refractivity contribution is -0.133. The van der Waals surface area contributed by atoms with Crippen molar-refractivity contribution in [2.24, 2.45) is 16.8 Å². The number of methoxy groups -OCH3 is 1. The standard InChI is InChI=1S/C62H69N5O12/c1-7-76-24-21-47(68)29-48(37(2)3)58(70)64-39(5)54(69)26-40-17-19-41(20-18-40)36-79-62(74)67-52-32-55(38(4)25-50(52)60(72)66-35-45-16-11-9-14-43(45)28-53(66)61(67)73)77-22-12-23-78-57-31-51-49(30-56(57)75-6)59(71)65-34-44-15-10-8-13-42(44)27-46(65)33-63-51/h8-11,13-20,25,30-33,37,39,46,48,53,61,73H,7,12,21-24,26-29,34-36H2,1-6H3,(H,64,70)/t39-,46?,48-,53?,61?/m0/s1. The van der Waals surface area contributed by atoms with Crippen LogP contribution in [0.4, 0.5) is 16.2 Å². The van der Waals surface area contributed by atoms with Crippen molar-refractivity contribution in [3.63, 3.8) is 0 Å². The zero-order valence-corrected chi connectivity index (χ0v) is 45.7. The molecule has 0 aromatic heterocycles. The summed E-state index contributed by atoms with van der Waals surface area (Å²) >= 11 is 0. The van der Waals surface area contributed by atoms with Crippen LogP contribution in [-0.2, 0) is 62.8 Å². The smallest absolute Gasteiger partial charge is 0.416 e. The van der Waals surface area contributed by atoms with Crippen molar-refractivity contribution < 1.29 is 57.6 Å². The van der Waals surface area contributed by atoms with Crippen LogP contribution in [0.5, 0.6) is 17.2 Å². The summed E-state index contributed by atoms with van der Waals surface area (Å²) in [6, 6.07) is 27.7. The molecule has 5 aromatic rings. The number of aliphatic hydroxyl groups is 1.